The molecule has 0 spiro atoms. The largest absolute Gasteiger partial charge is 0.491 e. The molecule has 1 aromatic rings. The number of nitrogen functional groups attached to an aromatic ring is 1. The van der Waals surface area contributed by atoms with Gasteiger partial charge in [-0.15, -0.1) is 0 Å². The van der Waals surface area contributed by atoms with Gasteiger partial charge in [-0.3, -0.25) is 0 Å². The molecule has 16 heavy (non-hydrogen) atoms. The first kappa shape index (κ1) is 12.8. The van der Waals surface area contributed by atoms with E-state index in [0.29, 0.717) is 12.1 Å². The number of benzene rings is 1. The summed E-state index contributed by atoms with van der Waals surface area (Å²) in [5, 5.41) is 0. The van der Waals surface area contributed by atoms with Crippen LogP contribution in [0.1, 0.15) is 6.42 Å². The highest BCUT2D eigenvalue weighted by Gasteiger charge is 2.04. The highest BCUT2D eigenvalue weighted by Crippen LogP contribution is 2.21. The number of nitrogens with two attached hydrogens (primary N) is 1. The van der Waals surface area contributed by atoms with Crippen molar-refractivity contribution in [3.05, 3.63) is 24.0 Å². The third-order valence-corrected chi connectivity index (χ3v) is 2.92. The van der Waals surface area contributed by atoms with Crippen LogP contribution in [0.4, 0.5) is 10.1 Å². The van der Waals surface area contributed by atoms with Crippen LogP contribution in [0.15, 0.2) is 18.2 Å². The summed E-state index contributed by atoms with van der Waals surface area (Å²) in [5.41, 5.74) is 5.88. The fraction of sp³-hybridized carbons (Fsp3) is 0.400. The maximum absolute atomic E-state index is 12.8. The maximum atomic E-state index is 12.8. The van der Waals surface area contributed by atoms with E-state index in [4.69, 9.17) is 10.5 Å². The summed E-state index contributed by atoms with van der Waals surface area (Å²) in [4.78, 5) is 0. The number of hydrogen-bond acceptors (Lipinski definition) is 4. The van der Waals surface area contributed by atoms with E-state index in [2.05, 4.69) is 0 Å². The predicted octanol–water partition coefficient (Wildman–Crippen LogP) is 1.22. The number of ether oxygens (including phenoxy) is 1. The molecule has 0 aromatic heterocycles. The zero-order valence-electron chi connectivity index (χ0n) is 8.94. The molecule has 0 aliphatic rings. The molecule has 0 aliphatic heterocycles. The summed E-state index contributed by atoms with van der Waals surface area (Å²) in [6, 6.07) is 3.82. The third kappa shape index (κ3) is 4.48. The highest BCUT2D eigenvalue weighted by atomic mass is 32.2. The molecule has 0 atom stereocenters. The van der Waals surface area contributed by atoms with Gasteiger partial charge >= 0.3 is 0 Å². The number of rotatable bonds is 5. The van der Waals surface area contributed by atoms with Crippen LogP contribution < -0.4 is 10.5 Å². The Morgan fingerprint density at radius 3 is 2.75 bits per heavy atom. The molecule has 0 unspecified atom stereocenters. The second-order valence-electron chi connectivity index (χ2n) is 3.51. The van der Waals surface area contributed by atoms with Crippen molar-refractivity contribution in [1.82, 2.24) is 0 Å². The van der Waals surface area contributed by atoms with Crippen molar-refractivity contribution in [3.63, 3.8) is 0 Å². The van der Waals surface area contributed by atoms with E-state index in [0.717, 1.165) is 6.26 Å². The summed E-state index contributed by atoms with van der Waals surface area (Å²) in [6.45, 7) is 0.195. The van der Waals surface area contributed by atoms with E-state index in [-0.39, 0.29) is 18.1 Å². The number of hydrogen-bond donors (Lipinski definition) is 1. The Morgan fingerprint density at radius 1 is 1.44 bits per heavy atom. The third-order valence-electron chi connectivity index (χ3n) is 1.89. The normalized spacial score (nSPS) is 11.4. The molecule has 0 saturated carbocycles. The Morgan fingerprint density at radius 2 is 2.12 bits per heavy atom. The van der Waals surface area contributed by atoms with Gasteiger partial charge in [-0.25, -0.2) is 12.8 Å². The summed E-state index contributed by atoms with van der Waals surface area (Å²) < 4.78 is 39.6. The lowest BCUT2D eigenvalue weighted by Crippen LogP contribution is -2.08. The first-order valence-electron chi connectivity index (χ1n) is 4.74. The Hall–Kier alpha value is -1.30. The minimum absolute atomic E-state index is 0.0439. The quantitative estimate of drug-likeness (QED) is 0.627. The molecule has 1 rings (SSSR count). The summed E-state index contributed by atoms with van der Waals surface area (Å²) >= 11 is 0. The zero-order valence-corrected chi connectivity index (χ0v) is 9.76. The molecule has 0 amide bonds. The van der Waals surface area contributed by atoms with Gasteiger partial charge in [0.05, 0.1) is 18.0 Å². The summed E-state index contributed by atoms with van der Waals surface area (Å²) in [6.07, 6.45) is 1.51. The van der Waals surface area contributed by atoms with Gasteiger partial charge in [0, 0.05) is 12.3 Å². The van der Waals surface area contributed by atoms with Crippen LogP contribution in [0, 0.1) is 5.82 Å². The van der Waals surface area contributed by atoms with Crippen molar-refractivity contribution in [2.45, 2.75) is 6.42 Å². The van der Waals surface area contributed by atoms with E-state index in [1.165, 1.54) is 18.2 Å². The molecule has 4 nitrogen and oxygen atoms in total. The van der Waals surface area contributed by atoms with Gasteiger partial charge < -0.3 is 10.5 Å². The fourth-order valence-corrected chi connectivity index (χ4v) is 1.78. The molecule has 90 valence electrons. The smallest absolute Gasteiger partial charge is 0.147 e. The molecular formula is C10H14FNO3S. The van der Waals surface area contributed by atoms with Gasteiger partial charge in [0.1, 0.15) is 21.4 Å². The minimum atomic E-state index is -2.98. The Labute approximate surface area is 94.1 Å². The number of sulfone groups is 1. The van der Waals surface area contributed by atoms with Gasteiger partial charge in [0.15, 0.2) is 0 Å². The molecule has 2 N–H and O–H groups in total. The van der Waals surface area contributed by atoms with Crippen LogP contribution in [0.2, 0.25) is 0 Å². The Bertz CT molecular complexity index is 459. The van der Waals surface area contributed by atoms with Crippen LogP contribution in [-0.4, -0.2) is 27.0 Å². The van der Waals surface area contributed by atoms with Crippen LogP contribution in [0.25, 0.3) is 0 Å². The van der Waals surface area contributed by atoms with Crippen LogP contribution in [-0.2, 0) is 9.84 Å². The first-order valence-corrected chi connectivity index (χ1v) is 6.80. The highest BCUT2D eigenvalue weighted by molar-refractivity contribution is 7.90. The molecule has 0 bridgehead atoms. The molecular weight excluding hydrogens is 233 g/mol. The average Bonchev–Trinajstić information content (AvgIpc) is 2.16. The summed E-state index contributed by atoms with van der Waals surface area (Å²) in [5.74, 6) is -0.150. The van der Waals surface area contributed by atoms with Crippen molar-refractivity contribution in [1.29, 1.82) is 0 Å². The molecule has 1 aromatic carbocycles. The molecule has 0 heterocycles. The van der Waals surface area contributed by atoms with E-state index < -0.39 is 15.7 Å². The fourth-order valence-electron chi connectivity index (χ4n) is 1.14. The van der Waals surface area contributed by atoms with E-state index in [9.17, 15) is 12.8 Å². The van der Waals surface area contributed by atoms with Crippen LogP contribution in [0.5, 0.6) is 5.75 Å². The van der Waals surface area contributed by atoms with E-state index >= 15 is 0 Å². The first-order chi connectivity index (χ1) is 7.38. The lowest BCUT2D eigenvalue weighted by molar-refractivity contribution is 0.318. The molecule has 0 saturated heterocycles. The van der Waals surface area contributed by atoms with E-state index in [1.807, 2.05) is 0 Å². The van der Waals surface area contributed by atoms with Crippen LogP contribution >= 0.6 is 0 Å². The van der Waals surface area contributed by atoms with Gasteiger partial charge in [-0.05, 0) is 18.6 Å². The van der Waals surface area contributed by atoms with Crippen LogP contribution in [0.3, 0.4) is 0 Å². The summed E-state index contributed by atoms with van der Waals surface area (Å²) in [7, 11) is -2.98. The van der Waals surface area contributed by atoms with Gasteiger partial charge in [-0.2, -0.15) is 0 Å². The molecule has 6 heteroatoms. The lowest BCUT2D eigenvalue weighted by Gasteiger charge is -2.08. The second-order valence-corrected chi connectivity index (χ2v) is 5.77. The Balaban J connectivity index is 2.46. The SMILES string of the molecule is CS(=O)(=O)CCCOc1cc(F)ccc1N. The van der Waals surface area contributed by atoms with Crippen molar-refractivity contribution in [2.24, 2.45) is 0 Å². The van der Waals surface area contributed by atoms with Gasteiger partial charge in [-0.1, -0.05) is 0 Å². The number of halogens is 1. The van der Waals surface area contributed by atoms with Crippen molar-refractivity contribution >= 4 is 15.5 Å². The average molecular weight is 247 g/mol. The lowest BCUT2D eigenvalue weighted by atomic mass is 10.3. The standard InChI is InChI=1S/C10H14FNO3S/c1-16(13,14)6-2-5-15-10-7-8(11)3-4-9(10)12/h3-4,7H,2,5-6,12H2,1H3. The topological polar surface area (TPSA) is 69.4 Å². The van der Waals surface area contributed by atoms with Crippen molar-refractivity contribution in [3.8, 4) is 5.75 Å². The maximum Gasteiger partial charge on any atom is 0.147 e. The Kier molecular flexibility index (Phi) is 4.12. The minimum Gasteiger partial charge on any atom is -0.491 e. The van der Waals surface area contributed by atoms with Crippen molar-refractivity contribution < 1.29 is 17.5 Å². The predicted molar refractivity (Wildman–Crippen MR) is 60.6 cm³/mol. The number of anilines is 1. The molecule has 0 radical (unpaired) electrons. The van der Waals surface area contributed by atoms with Gasteiger partial charge in [0.2, 0.25) is 0 Å². The van der Waals surface area contributed by atoms with E-state index in [1.54, 1.807) is 0 Å². The monoisotopic (exact) mass is 247 g/mol. The molecule has 0 aliphatic carbocycles. The zero-order chi connectivity index (χ0) is 12.2. The second kappa shape index (κ2) is 5.16. The molecule has 0 fully saturated rings. The van der Waals surface area contributed by atoms with Crippen molar-refractivity contribution in [2.75, 3.05) is 24.3 Å². The van der Waals surface area contributed by atoms with Gasteiger partial charge in [0.25, 0.3) is 0 Å².